The summed E-state index contributed by atoms with van der Waals surface area (Å²) in [6.45, 7) is 4.69. The van der Waals surface area contributed by atoms with Crippen LogP contribution in [0.5, 0.6) is 0 Å². The second kappa shape index (κ2) is 9.70. The molecule has 1 aromatic carbocycles. The van der Waals surface area contributed by atoms with Crippen molar-refractivity contribution in [3.8, 4) is 0 Å². The van der Waals surface area contributed by atoms with Crippen LogP contribution in [0.4, 0.5) is 5.69 Å². The summed E-state index contributed by atoms with van der Waals surface area (Å²) >= 11 is 0. The predicted molar refractivity (Wildman–Crippen MR) is 118 cm³/mol. The highest BCUT2D eigenvalue weighted by atomic mass is 16.5. The van der Waals surface area contributed by atoms with Crippen LogP contribution in [-0.4, -0.2) is 84.8 Å². The summed E-state index contributed by atoms with van der Waals surface area (Å²) in [6, 6.07) is 4.08. The number of carbonyl (C=O) groups is 5. The number of hydrogen-bond donors (Lipinski definition) is 1. The van der Waals surface area contributed by atoms with Crippen molar-refractivity contribution in [2.75, 3.05) is 44.3 Å². The van der Waals surface area contributed by atoms with Crippen molar-refractivity contribution in [3.05, 3.63) is 29.3 Å². The zero-order chi connectivity index (χ0) is 23.5. The molecule has 5 amide bonds. The quantitative estimate of drug-likeness (QED) is 0.471. The van der Waals surface area contributed by atoms with Crippen molar-refractivity contribution in [3.63, 3.8) is 0 Å². The van der Waals surface area contributed by atoms with Crippen LogP contribution in [0.1, 0.15) is 53.3 Å². The zero-order valence-corrected chi connectivity index (χ0v) is 18.7. The fourth-order valence-corrected chi connectivity index (χ4v) is 4.45. The third kappa shape index (κ3) is 4.47. The number of piperidine rings is 1. The van der Waals surface area contributed by atoms with E-state index in [0.29, 0.717) is 38.5 Å². The van der Waals surface area contributed by atoms with Crippen LogP contribution in [0.25, 0.3) is 0 Å². The molecule has 0 aliphatic carbocycles. The molecule has 0 saturated carbocycles. The van der Waals surface area contributed by atoms with Crippen LogP contribution in [0.2, 0.25) is 0 Å². The highest BCUT2D eigenvalue weighted by Crippen LogP contribution is 2.34. The fourth-order valence-electron chi connectivity index (χ4n) is 4.45. The number of amides is 5. The van der Waals surface area contributed by atoms with Gasteiger partial charge in [0, 0.05) is 39.2 Å². The third-order valence-corrected chi connectivity index (χ3v) is 6.29. The minimum atomic E-state index is -0.995. The molecular weight excluding hydrogens is 428 g/mol. The number of carbonyl (C=O) groups excluding carboxylic acids is 5. The summed E-state index contributed by atoms with van der Waals surface area (Å²) in [5.41, 5.74) is 1.15. The molecule has 1 unspecified atom stereocenters. The lowest BCUT2D eigenvalue weighted by Crippen LogP contribution is -2.54. The maximum atomic E-state index is 13.3. The second-order valence-corrected chi connectivity index (χ2v) is 8.42. The van der Waals surface area contributed by atoms with E-state index >= 15 is 0 Å². The second-order valence-electron chi connectivity index (χ2n) is 8.42. The van der Waals surface area contributed by atoms with Crippen molar-refractivity contribution in [2.45, 2.75) is 38.6 Å². The van der Waals surface area contributed by atoms with Crippen LogP contribution >= 0.6 is 0 Å². The zero-order valence-electron chi connectivity index (χ0n) is 18.7. The number of ether oxygens (including phenoxy) is 1. The molecule has 0 aromatic heterocycles. The van der Waals surface area contributed by atoms with E-state index in [1.807, 2.05) is 4.90 Å². The average Bonchev–Trinajstić information content (AvgIpc) is 3.07. The topological polar surface area (TPSA) is 116 Å². The van der Waals surface area contributed by atoms with Crippen LogP contribution in [-0.2, 0) is 19.1 Å². The molecule has 0 spiro atoms. The summed E-state index contributed by atoms with van der Waals surface area (Å²) in [6.07, 6.45) is 2.13. The molecule has 1 atom stereocenters. The molecule has 33 heavy (non-hydrogen) atoms. The molecule has 1 aromatic rings. The normalized spacial score (nSPS) is 20.9. The number of hydrogen-bond acceptors (Lipinski definition) is 7. The van der Waals surface area contributed by atoms with Gasteiger partial charge >= 0.3 is 0 Å². The molecular formula is C23H28N4O6. The van der Waals surface area contributed by atoms with E-state index in [4.69, 9.17) is 4.74 Å². The first kappa shape index (κ1) is 22.9. The van der Waals surface area contributed by atoms with Gasteiger partial charge in [-0.2, -0.15) is 0 Å². The van der Waals surface area contributed by atoms with E-state index in [0.717, 1.165) is 17.7 Å². The first-order valence-corrected chi connectivity index (χ1v) is 11.4. The molecule has 2 saturated heterocycles. The molecule has 2 fully saturated rings. The van der Waals surface area contributed by atoms with Gasteiger partial charge in [0.2, 0.25) is 17.7 Å². The monoisotopic (exact) mass is 456 g/mol. The van der Waals surface area contributed by atoms with Gasteiger partial charge in [0.05, 0.1) is 16.8 Å². The van der Waals surface area contributed by atoms with Gasteiger partial charge in [-0.3, -0.25) is 34.2 Å². The third-order valence-electron chi connectivity index (χ3n) is 6.29. The van der Waals surface area contributed by atoms with Crippen molar-refractivity contribution < 1.29 is 28.7 Å². The Hall–Kier alpha value is -3.27. The molecule has 10 heteroatoms. The van der Waals surface area contributed by atoms with Gasteiger partial charge in [-0.25, -0.2) is 0 Å². The van der Waals surface area contributed by atoms with E-state index < -0.39 is 29.7 Å². The lowest BCUT2D eigenvalue weighted by molar-refractivity contribution is -0.137. The van der Waals surface area contributed by atoms with Gasteiger partial charge in [-0.15, -0.1) is 0 Å². The molecule has 3 heterocycles. The van der Waals surface area contributed by atoms with Crippen LogP contribution < -0.4 is 10.2 Å². The maximum absolute atomic E-state index is 13.3. The number of unbranched alkanes of at least 4 members (excludes halogenated alkanes) is 1. The maximum Gasteiger partial charge on any atom is 0.264 e. The smallest absolute Gasteiger partial charge is 0.264 e. The number of anilines is 1. The molecule has 176 valence electrons. The van der Waals surface area contributed by atoms with Gasteiger partial charge < -0.3 is 14.5 Å². The van der Waals surface area contributed by atoms with E-state index in [9.17, 15) is 24.0 Å². The number of benzene rings is 1. The molecule has 0 bridgehead atoms. The van der Waals surface area contributed by atoms with Crippen LogP contribution in [0.3, 0.4) is 0 Å². The van der Waals surface area contributed by atoms with Gasteiger partial charge in [-0.05, 0) is 25.0 Å². The van der Waals surface area contributed by atoms with Gasteiger partial charge in [0.1, 0.15) is 12.6 Å². The Morgan fingerprint density at radius 1 is 1.09 bits per heavy atom. The van der Waals surface area contributed by atoms with Gasteiger partial charge in [0.25, 0.3) is 11.8 Å². The van der Waals surface area contributed by atoms with Crippen molar-refractivity contribution in [1.82, 2.24) is 15.1 Å². The van der Waals surface area contributed by atoms with Gasteiger partial charge in [0.15, 0.2) is 0 Å². The van der Waals surface area contributed by atoms with Gasteiger partial charge in [-0.1, -0.05) is 19.4 Å². The summed E-state index contributed by atoms with van der Waals surface area (Å²) in [5, 5.41) is 2.21. The molecule has 3 aliphatic rings. The number of imide groups is 2. The Morgan fingerprint density at radius 3 is 2.55 bits per heavy atom. The predicted octanol–water partition coefficient (Wildman–Crippen LogP) is 0.553. The van der Waals surface area contributed by atoms with Crippen LogP contribution in [0, 0.1) is 0 Å². The minimum Gasteiger partial charge on any atom is -0.372 e. The van der Waals surface area contributed by atoms with E-state index in [1.165, 1.54) is 0 Å². The highest BCUT2D eigenvalue weighted by molar-refractivity contribution is 6.25. The van der Waals surface area contributed by atoms with E-state index in [-0.39, 0.29) is 36.5 Å². The lowest BCUT2D eigenvalue weighted by Gasteiger charge is -2.36. The van der Waals surface area contributed by atoms with E-state index in [2.05, 4.69) is 12.2 Å². The SMILES string of the molecule is CCCCOCC(=O)N1CCN(c2cccc3c2C(=O)N(C2CCC(=O)NC2=O)C3=O)CC1. The van der Waals surface area contributed by atoms with Crippen molar-refractivity contribution >= 4 is 35.2 Å². The van der Waals surface area contributed by atoms with Crippen molar-refractivity contribution in [2.24, 2.45) is 0 Å². The molecule has 10 nitrogen and oxygen atoms in total. The lowest BCUT2D eigenvalue weighted by atomic mass is 10.0. The first-order chi connectivity index (χ1) is 15.9. The number of nitrogens with one attached hydrogen (secondary N) is 1. The Balaban J connectivity index is 1.45. The Bertz CT molecular complexity index is 985. The van der Waals surface area contributed by atoms with E-state index in [1.54, 1.807) is 23.1 Å². The summed E-state index contributed by atoms with van der Waals surface area (Å²) in [4.78, 5) is 67.1. The Morgan fingerprint density at radius 2 is 1.85 bits per heavy atom. The summed E-state index contributed by atoms with van der Waals surface area (Å²) in [5.74, 6) is -2.14. The average molecular weight is 456 g/mol. The highest BCUT2D eigenvalue weighted by Gasteiger charge is 2.46. The molecule has 1 N–H and O–H groups in total. The number of rotatable bonds is 7. The number of piperazine rings is 1. The minimum absolute atomic E-state index is 0.0562. The fraction of sp³-hybridized carbons (Fsp3) is 0.522. The summed E-state index contributed by atoms with van der Waals surface area (Å²) < 4.78 is 5.43. The molecule has 4 rings (SSSR count). The molecule has 0 radical (unpaired) electrons. The Labute approximate surface area is 191 Å². The standard InChI is InChI=1S/C23H28N4O6/c1-2-3-13-33-14-19(29)26-11-9-25(10-12-26)16-6-4-5-15-20(16)23(32)27(22(15)31)17-7-8-18(28)24-21(17)30/h4-6,17H,2-3,7-14H2,1H3,(H,24,28,30). The summed E-state index contributed by atoms with van der Waals surface area (Å²) in [7, 11) is 0. The first-order valence-electron chi connectivity index (χ1n) is 11.4. The number of fused-ring (bicyclic) bond motifs is 1. The largest absolute Gasteiger partial charge is 0.372 e. The molecule has 3 aliphatic heterocycles. The number of nitrogens with zero attached hydrogens (tertiary/aromatic N) is 3. The van der Waals surface area contributed by atoms with Crippen LogP contribution in [0.15, 0.2) is 18.2 Å². The van der Waals surface area contributed by atoms with Crippen molar-refractivity contribution in [1.29, 1.82) is 0 Å². The Kier molecular flexibility index (Phi) is 6.73.